The summed E-state index contributed by atoms with van der Waals surface area (Å²) in [4.78, 5) is 13.2. The lowest BCUT2D eigenvalue weighted by Gasteiger charge is -2.09. The van der Waals surface area contributed by atoms with Gasteiger partial charge in [-0.3, -0.25) is 4.79 Å². The van der Waals surface area contributed by atoms with Gasteiger partial charge in [0.1, 0.15) is 5.82 Å². The van der Waals surface area contributed by atoms with Crippen molar-refractivity contribution in [1.29, 1.82) is 0 Å². The van der Waals surface area contributed by atoms with Crippen LogP contribution in [0.4, 0.5) is 10.1 Å². The van der Waals surface area contributed by atoms with Gasteiger partial charge in [-0.15, -0.1) is 11.8 Å². The number of amides is 1. The summed E-state index contributed by atoms with van der Waals surface area (Å²) in [6.07, 6.45) is 1.05. The predicted octanol–water partition coefficient (Wildman–Crippen LogP) is 4.58. The maximum Gasteiger partial charge on any atom is 0.256 e. The van der Waals surface area contributed by atoms with Gasteiger partial charge in [-0.05, 0) is 48.6 Å². The van der Waals surface area contributed by atoms with Crippen molar-refractivity contribution in [2.45, 2.75) is 18.2 Å². The van der Waals surface area contributed by atoms with Crippen molar-refractivity contribution in [2.24, 2.45) is 0 Å². The van der Waals surface area contributed by atoms with Crippen LogP contribution in [0, 0.1) is 5.82 Å². The van der Waals surface area contributed by atoms with E-state index in [0.717, 1.165) is 17.1 Å². The molecular weight excluding hydrogens is 273 g/mol. The molecular formula is C16H16FNOS. The number of carbonyl (C=O) groups excluding carboxylic acids is 1. The molecule has 20 heavy (non-hydrogen) atoms. The highest BCUT2D eigenvalue weighted by molar-refractivity contribution is 7.99. The molecule has 2 rings (SSSR count). The van der Waals surface area contributed by atoms with Gasteiger partial charge in [-0.1, -0.05) is 19.1 Å². The Labute approximate surface area is 122 Å². The summed E-state index contributed by atoms with van der Waals surface area (Å²) in [6, 6.07) is 13.3. The van der Waals surface area contributed by atoms with Gasteiger partial charge in [-0.2, -0.15) is 0 Å². The zero-order chi connectivity index (χ0) is 14.4. The number of anilines is 1. The molecule has 0 aliphatic heterocycles. The van der Waals surface area contributed by atoms with Gasteiger partial charge in [0.05, 0.1) is 5.56 Å². The van der Waals surface area contributed by atoms with Gasteiger partial charge in [0.2, 0.25) is 0 Å². The van der Waals surface area contributed by atoms with E-state index in [9.17, 15) is 9.18 Å². The van der Waals surface area contributed by atoms with Crippen molar-refractivity contribution in [3.8, 4) is 0 Å². The minimum atomic E-state index is -0.318. The Kier molecular flexibility index (Phi) is 5.18. The van der Waals surface area contributed by atoms with Gasteiger partial charge >= 0.3 is 0 Å². The maximum absolute atomic E-state index is 12.8. The zero-order valence-electron chi connectivity index (χ0n) is 11.2. The number of hydrogen-bond donors (Lipinski definition) is 1. The summed E-state index contributed by atoms with van der Waals surface area (Å²) in [5.41, 5.74) is 1.24. The van der Waals surface area contributed by atoms with Gasteiger partial charge in [0, 0.05) is 10.6 Å². The van der Waals surface area contributed by atoms with Crippen molar-refractivity contribution in [3.05, 3.63) is 59.9 Å². The van der Waals surface area contributed by atoms with E-state index < -0.39 is 0 Å². The molecule has 0 saturated carbocycles. The minimum Gasteiger partial charge on any atom is -0.322 e. The zero-order valence-corrected chi connectivity index (χ0v) is 12.0. The first-order valence-corrected chi connectivity index (χ1v) is 7.48. The van der Waals surface area contributed by atoms with Gasteiger partial charge in [0.15, 0.2) is 0 Å². The maximum atomic E-state index is 12.8. The molecule has 0 saturated heterocycles. The molecule has 0 aromatic heterocycles. The van der Waals surface area contributed by atoms with E-state index in [1.54, 1.807) is 30.0 Å². The Bertz CT molecular complexity index is 583. The number of rotatable bonds is 5. The molecule has 2 aromatic carbocycles. The van der Waals surface area contributed by atoms with Crippen molar-refractivity contribution < 1.29 is 9.18 Å². The Morgan fingerprint density at radius 3 is 2.55 bits per heavy atom. The molecule has 0 fully saturated rings. The third-order valence-electron chi connectivity index (χ3n) is 2.70. The average molecular weight is 289 g/mol. The lowest BCUT2D eigenvalue weighted by atomic mass is 10.2. The first-order chi connectivity index (χ1) is 9.70. The second-order valence-corrected chi connectivity index (χ2v) is 5.44. The highest BCUT2D eigenvalue weighted by Gasteiger charge is 2.11. The van der Waals surface area contributed by atoms with Gasteiger partial charge in [0.25, 0.3) is 5.91 Å². The number of carbonyl (C=O) groups is 1. The Hall–Kier alpha value is -1.81. The third-order valence-corrected chi connectivity index (χ3v) is 3.97. The minimum absolute atomic E-state index is 0.171. The Balaban J connectivity index is 2.14. The molecule has 0 aliphatic carbocycles. The third kappa shape index (κ3) is 3.84. The van der Waals surface area contributed by atoms with E-state index in [1.165, 1.54) is 12.1 Å². The van der Waals surface area contributed by atoms with Crippen LogP contribution < -0.4 is 5.32 Å². The first kappa shape index (κ1) is 14.6. The summed E-state index contributed by atoms with van der Waals surface area (Å²) < 4.78 is 12.8. The number of halogens is 1. The van der Waals surface area contributed by atoms with E-state index in [-0.39, 0.29) is 11.7 Å². The summed E-state index contributed by atoms with van der Waals surface area (Å²) in [5.74, 6) is 0.485. The second kappa shape index (κ2) is 7.10. The quantitative estimate of drug-likeness (QED) is 0.816. The van der Waals surface area contributed by atoms with E-state index in [1.807, 2.05) is 18.2 Å². The second-order valence-electron chi connectivity index (χ2n) is 4.31. The number of benzene rings is 2. The predicted molar refractivity (Wildman–Crippen MR) is 81.8 cm³/mol. The summed E-state index contributed by atoms with van der Waals surface area (Å²) >= 11 is 1.67. The fourth-order valence-corrected chi connectivity index (χ4v) is 2.64. The van der Waals surface area contributed by atoms with E-state index in [4.69, 9.17) is 0 Å². The smallest absolute Gasteiger partial charge is 0.256 e. The van der Waals surface area contributed by atoms with Crippen molar-refractivity contribution in [3.63, 3.8) is 0 Å². The first-order valence-electron chi connectivity index (χ1n) is 6.49. The molecule has 2 aromatic rings. The van der Waals surface area contributed by atoms with E-state index in [2.05, 4.69) is 12.2 Å². The van der Waals surface area contributed by atoms with Crippen LogP contribution in [0.25, 0.3) is 0 Å². The molecule has 104 valence electrons. The van der Waals surface area contributed by atoms with Crippen LogP contribution >= 0.6 is 11.8 Å². The largest absolute Gasteiger partial charge is 0.322 e. The Morgan fingerprint density at radius 1 is 1.15 bits per heavy atom. The number of nitrogens with one attached hydrogen (secondary N) is 1. The van der Waals surface area contributed by atoms with Gasteiger partial charge < -0.3 is 5.32 Å². The lowest BCUT2D eigenvalue weighted by Crippen LogP contribution is -2.13. The molecule has 0 aliphatic rings. The number of hydrogen-bond acceptors (Lipinski definition) is 2. The molecule has 2 nitrogen and oxygen atoms in total. The van der Waals surface area contributed by atoms with Crippen molar-refractivity contribution >= 4 is 23.4 Å². The van der Waals surface area contributed by atoms with Crippen LogP contribution in [0.5, 0.6) is 0 Å². The molecule has 1 amide bonds. The highest BCUT2D eigenvalue weighted by atomic mass is 32.2. The van der Waals surface area contributed by atoms with Crippen LogP contribution in [-0.4, -0.2) is 11.7 Å². The van der Waals surface area contributed by atoms with Crippen molar-refractivity contribution in [2.75, 3.05) is 11.1 Å². The van der Waals surface area contributed by atoms with Crippen LogP contribution in [0.1, 0.15) is 23.7 Å². The van der Waals surface area contributed by atoms with Gasteiger partial charge in [-0.25, -0.2) is 4.39 Å². The fraction of sp³-hybridized carbons (Fsp3) is 0.188. The molecule has 0 bridgehead atoms. The SMILES string of the molecule is CCCSc1ccccc1C(=O)Nc1ccc(F)cc1. The molecule has 1 N–H and O–H groups in total. The van der Waals surface area contributed by atoms with Crippen LogP contribution in [0.3, 0.4) is 0 Å². The highest BCUT2D eigenvalue weighted by Crippen LogP contribution is 2.24. The lowest BCUT2D eigenvalue weighted by molar-refractivity contribution is 0.102. The van der Waals surface area contributed by atoms with Crippen LogP contribution in [0.2, 0.25) is 0 Å². The Morgan fingerprint density at radius 2 is 1.85 bits per heavy atom. The average Bonchev–Trinajstić information content (AvgIpc) is 2.47. The van der Waals surface area contributed by atoms with E-state index in [0.29, 0.717) is 11.3 Å². The summed E-state index contributed by atoms with van der Waals surface area (Å²) in [6.45, 7) is 2.11. The fourth-order valence-electron chi connectivity index (χ4n) is 1.72. The summed E-state index contributed by atoms with van der Waals surface area (Å²) in [7, 11) is 0. The molecule has 0 radical (unpaired) electrons. The molecule has 0 heterocycles. The number of thioether (sulfide) groups is 1. The summed E-state index contributed by atoms with van der Waals surface area (Å²) in [5, 5.41) is 2.78. The molecule has 0 spiro atoms. The molecule has 0 atom stereocenters. The topological polar surface area (TPSA) is 29.1 Å². The van der Waals surface area contributed by atoms with Crippen molar-refractivity contribution in [1.82, 2.24) is 0 Å². The van der Waals surface area contributed by atoms with E-state index >= 15 is 0 Å². The normalized spacial score (nSPS) is 10.3. The molecule has 0 unspecified atom stereocenters. The van der Waals surface area contributed by atoms with Crippen LogP contribution in [0.15, 0.2) is 53.4 Å². The molecule has 4 heteroatoms. The monoisotopic (exact) mass is 289 g/mol. The standard InChI is InChI=1S/C16H16FNOS/c1-2-11-20-15-6-4-3-5-14(15)16(19)18-13-9-7-12(17)8-10-13/h3-10H,2,11H2,1H3,(H,18,19). The van der Waals surface area contributed by atoms with Crippen LogP contribution in [-0.2, 0) is 0 Å².